The number of para-hydroxylation sites is 3. The van der Waals surface area contributed by atoms with E-state index in [0.717, 1.165) is 54.8 Å². The molecule has 0 unspecified atom stereocenters. The van der Waals surface area contributed by atoms with Gasteiger partial charge in [0.15, 0.2) is 0 Å². The summed E-state index contributed by atoms with van der Waals surface area (Å²) in [5, 5.41) is 0. The molecule has 0 fully saturated rings. The van der Waals surface area contributed by atoms with Gasteiger partial charge in [0.25, 0.3) is 0 Å². The first-order valence-electron chi connectivity index (χ1n) is 25.4. The summed E-state index contributed by atoms with van der Waals surface area (Å²) in [5.41, 5.74) is 9.14. The molecular weight excluding hydrogens is 982 g/mol. The van der Waals surface area contributed by atoms with Gasteiger partial charge in [-0.05, 0) is 58.0 Å². The predicted molar refractivity (Wildman–Crippen MR) is 260 cm³/mol. The van der Waals surface area contributed by atoms with Crippen LogP contribution in [0.25, 0.3) is 44.5 Å². The summed E-state index contributed by atoms with van der Waals surface area (Å²) in [6.45, 7) is 8.33. The van der Waals surface area contributed by atoms with Crippen molar-refractivity contribution in [2.45, 2.75) is 36.0 Å². The smallest absolute Gasteiger partial charge is 0.135 e. The van der Waals surface area contributed by atoms with Crippen LogP contribution in [0.1, 0.15) is 40.0 Å². The van der Waals surface area contributed by atoms with Crippen molar-refractivity contribution in [3.63, 3.8) is 0 Å². The Kier molecular flexibility index (Phi) is 8.33. The van der Waals surface area contributed by atoms with Crippen molar-refractivity contribution in [1.82, 2.24) is 9.97 Å². The standard InChI is InChI=1S/C57H42N5S.Pt/c1-57(2,3)41-30-33-59-55(34-41)62-53-36-44(28-29-49(53)47-22-10-11-23-48(47)50-31-32-58-37-54(50)62)63-43-21-14-20-42(35-43)60-38-61(52-27-13-12-26-51(52)60)56-45(39-16-6-4-7-17-39)24-15-25-46(56)40-18-8-5-9-19-40;/h4-34,37-38H,1-3H3;/q-3;/i4D,5D,6D,7D,8D,9D,16D,17D,18D,19D;. The van der Waals surface area contributed by atoms with Crippen LogP contribution in [0.5, 0.6) is 0 Å². The van der Waals surface area contributed by atoms with Gasteiger partial charge in [-0.15, -0.1) is 57.7 Å². The van der Waals surface area contributed by atoms with Gasteiger partial charge >= 0.3 is 0 Å². The van der Waals surface area contributed by atoms with Crippen molar-refractivity contribution < 1.29 is 34.8 Å². The van der Waals surface area contributed by atoms with Crippen LogP contribution in [-0.2, 0) is 26.5 Å². The fraction of sp³-hybridized carbons (Fsp3) is 0.0702. The number of aromatic nitrogens is 2. The molecule has 64 heavy (non-hydrogen) atoms. The molecule has 0 N–H and O–H groups in total. The summed E-state index contributed by atoms with van der Waals surface area (Å²) in [6, 6.07) is 39.2. The molecule has 0 radical (unpaired) electrons. The summed E-state index contributed by atoms with van der Waals surface area (Å²) in [7, 11) is 0. The van der Waals surface area contributed by atoms with Crippen LogP contribution < -0.4 is 14.7 Å². The zero-order chi connectivity index (χ0) is 51.2. The van der Waals surface area contributed by atoms with E-state index in [1.54, 1.807) is 29.8 Å². The van der Waals surface area contributed by atoms with E-state index in [4.69, 9.17) is 18.7 Å². The van der Waals surface area contributed by atoms with Crippen LogP contribution in [0, 0.1) is 18.8 Å². The average molecular weight is 1030 g/mol. The van der Waals surface area contributed by atoms with E-state index in [9.17, 15) is 0 Å². The molecule has 0 bridgehead atoms. The molecule has 0 saturated heterocycles. The van der Waals surface area contributed by atoms with Gasteiger partial charge in [-0.2, -0.15) is 24.3 Å². The van der Waals surface area contributed by atoms with E-state index in [1.807, 2.05) is 90.2 Å². The Labute approximate surface area is 408 Å². The molecule has 0 aliphatic carbocycles. The van der Waals surface area contributed by atoms with Gasteiger partial charge in [0, 0.05) is 67.2 Å². The minimum absolute atomic E-state index is 0. The Morgan fingerprint density at radius 1 is 0.578 bits per heavy atom. The number of nitrogens with zero attached hydrogens (tertiary/aromatic N) is 5. The van der Waals surface area contributed by atoms with Crippen LogP contribution in [0.15, 0.2) is 204 Å². The van der Waals surface area contributed by atoms with Crippen molar-refractivity contribution in [3.8, 4) is 44.5 Å². The van der Waals surface area contributed by atoms with E-state index in [-0.39, 0.29) is 54.4 Å². The second kappa shape index (κ2) is 17.1. The van der Waals surface area contributed by atoms with E-state index in [0.29, 0.717) is 17.1 Å². The number of hydrogen-bond donors (Lipinski definition) is 0. The number of anilines is 7. The van der Waals surface area contributed by atoms with Gasteiger partial charge in [0.2, 0.25) is 0 Å². The summed E-state index contributed by atoms with van der Waals surface area (Å²) in [5.74, 6) is 0.735. The van der Waals surface area contributed by atoms with Gasteiger partial charge in [-0.1, -0.05) is 147 Å². The summed E-state index contributed by atoms with van der Waals surface area (Å²) in [4.78, 5) is 17.0. The number of hydrogen-bond acceptors (Lipinski definition) is 6. The molecule has 7 heteroatoms. The largest absolute Gasteiger partial charge is 0.493 e. The van der Waals surface area contributed by atoms with Gasteiger partial charge in [-0.25, -0.2) is 4.98 Å². The van der Waals surface area contributed by atoms with Crippen LogP contribution in [0.3, 0.4) is 0 Å². The van der Waals surface area contributed by atoms with E-state index in [2.05, 4.69) is 73.1 Å². The first-order valence-corrected chi connectivity index (χ1v) is 21.2. The van der Waals surface area contributed by atoms with Crippen molar-refractivity contribution in [3.05, 3.63) is 219 Å². The zero-order valence-electron chi connectivity index (χ0n) is 44.7. The van der Waals surface area contributed by atoms with Crippen LogP contribution in [0.4, 0.5) is 39.9 Å². The topological polar surface area (TPSA) is 35.5 Å². The number of benzene rings is 7. The monoisotopic (exact) mass is 1030 g/mol. The molecule has 0 spiro atoms. The van der Waals surface area contributed by atoms with Crippen LogP contribution in [-0.4, -0.2) is 9.97 Å². The summed E-state index contributed by atoms with van der Waals surface area (Å²) >= 11 is 1.49. The molecule has 2 aliphatic rings. The molecular formula is C57H42N5PtS-3. The molecule has 2 aromatic heterocycles. The van der Waals surface area contributed by atoms with Gasteiger partial charge < -0.3 is 14.7 Å². The molecule has 5 nitrogen and oxygen atoms in total. The number of fused-ring (bicyclic) bond motifs is 6. The molecule has 7 aromatic carbocycles. The van der Waals surface area contributed by atoms with E-state index >= 15 is 0 Å². The van der Waals surface area contributed by atoms with Crippen LogP contribution >= 0.6 is 11.8 Å². The van der Waals surface area contributed by atoms with Crippen LogP contribution in [0.2, 0.25) is 0 Å². The minimum atomic E-state index is -0.559. The molecule has 9 aromatic rings. The molecule has 0 saturated carbocycles. The van der Waals surface area contributed by atoms with Gasteiger partial charge in [-0.3, -0.25) is 4.98 Å². The Balaban J connectivity index is 0.00000626. The first-order chi connectivity index (χ1) is 35.0. The Morgan fingerprint density at radius 2 is 1.20 bits per heavy atom. The van der Waals surface area contributed by atoms with Crippen molar-refractivity contribution >= 4 is 51.7 Å². The van der Waals surface area contributed by atoms with E-state index < -0.39 is 60.4 Å². The van der Waals surface area contributed by atoms with Crippen molar-refractivity contribution in [2.75, 3.05) is 14.7 Å². The third-order valence-electron chi connectivity index (χ3n) is 11.2. The zero-order valence-corrected chi connectivity index (χ0v) is 37.8. The quantitative estimate of drug-likeness (QED) is 0.148. The SMILES string of the molecule is [2H]c1c([2H])c([2H])c(-c2cccc(-c3c([2H])c([2H])c([2H])c([2H])c3[2H])c2N2[CH-]N(c3[c-]c(Sc4[c-]c5c(cc4)-c4ccccc4-c4ccncc4N5c4cc(C(C)(C)C)ccn4)ccc3)c3ccccc32)c([2H])c1[2H].[Pt]. The maximum absolute atomic E-state index is 9.05. The predicted octanol–water partition coefficient (Wildman–Crippen LogP) is 15.4. The third kappa shape index (κ3) is 7.51. The maximum atomic E-state index is 9.05. The normalized spacial score (nSPS) is 14.9. The number of pyridine rings is 2. The van der Waals surface area contributed by atoms with Gasteiger partial charge in [0.1, 0.15) is 5.82 Å². The van der Waals surface area contributed by atoms with E-state index in [1.165, 1.54) is 11.8 Å². The third-order valence-corrected chi connectivity index (χ3v) is 12.1. The summed E-state index contributed by atoms with van der Waals surface area (Å²) in [6.07, 6.45) is 5.54. The molecule has 11 rings (SSSR count). The molecule has 4 heterocycles. The Bertz CT molecular complexity index is 3610. The van der Waals surface area contributed by atoms with Gasteiger partial charge in [0.05, 0.1) is 25.6 Å². The molecule has 0 amide bonds. The Hall–Kier alpha value is -6.72. The van der Waals surface area contributed by atoms with Crippen molar-refractivity contribution in [1.29, 1.82) is 0 Å². The van der Waals surface area contributed by atoms with Crippen molar-refractivity contribution in [2.24, 2.45) is 0 Å². The fourth-order valence-electron chi connectivity index (χ4n) is 8.24. The molecule has 0 atom stereocenters. The second-order valence-electron chi connectivity index (χ2n) is 16.1. The first kappa shape index (κ1) is 31.2. The summed E-state index contributed by atoms with van der Waals surface area (Å²) < 4.78 is 87.3. The number of rotatable bonds is 7. The fourth-order valence-corrected chi connectivity index (χ4v) is 9.06. The molecule has 314 valence electrons. The maximum Gasteiger partial charge on any atom is 0.135 e. The second-order valence-corrected chi connectivity index (χ2v) is 17.1. The molecule has 2 aliphatic heterocycles. The Morgan fingerprint density at radius 3 is 1.91 bits per heavy atom. The minimum Gasteiger partial charge on any atom is -0.493 e. The average Bonchev–Trinajstić information content (AvgIpc) is 3.73.